The second-order valence-corrected chi connectivity index (χ2v) is 8.39. The van der Waals surface area contributed by atoms with E-state index in [2.05, 4.69) is 15.3 Å². The smallest absolute Gasteiger partial charge is 0.274 e. The second-order valence-electron chi connectivity index (χ2n) is 6.91. The molecule has 1 aliphatic carbocycles. The molecule has 1 fully saturated rings. The van der Waals surface area contributed by atoms with Gasteiger partial charge in [-0.05, 0) is 37.0 Å². The molecule has 2 aliphatic rings. The minimum atomic E-state index is -1.04. The summed E-state index contributed by atoms with van der Waals surface area (Å²) >= 11 is 7.21. The molecule has 1 aliphatic heterocycles. The molecule has 1 aromatic heterocycles. The van der Waals surface area contributed by atoms with Gasteiger partial charge in [-0.3, -0.25) is 9.79 Å². The van der Waals surface area contributed by atoms with Gasteiger partial charge >= 0.3 is 0 Å². The molecule has 4 rings (SSSR count). The third-order valence-electron chi connectivity index (χ3n) is 5.24. The van der Waals surface area contributed by atoms with Crippen LogP contribution in [0.3, 0.4) is 0 Å². The lowest BCUT2D eigenvalue weighted by Crippen LogP contribution is -2.37. The zero-order valence-corrected chi connectivity index (χ0v) is 16.3. The fourth-order valence-corrected chi connectivity index (χ4v) is 5.09. The van der Waals surface area contributed by atoms with Gasteiger partial charge < -0.3 is 11.1 Å². The maximum absolute atomic E-state index is 14.8. The number of carbonyl (C=O) groups excluding carboxylic acids is 1. The van der Waals surface area contributed by atoms with Crippen molar-refractivity contribution in [2.24, 2.45) is 16.6 Å². The SMILES string of the molecule is NC1=N[C@@]2(c3cc(NC(=O)c4ccc(Cl)cn4)cc(F)c3F)CCC[C@H]2CS1. The predicted molar refractivity (Wildman–Crippen MR) is 107 cm³/mol. The van der Waals surface area contributed by atoms with Crippen LogP contribution in [0.15, 0.2) is 35.5 Å². The summed E-state index contributed by atoms with van der Waals surface area (Å²) in [4.78, 5) is 20.9. The van der Waals surface area contributed by atoms with Gasteiger partial charge in [-0.15, -0.1) is 0 Å². The quantitative estimate of drug-likeness (QED) is 0.771. The lowest BCUT2D eigenvalue weighted by molar-refractivity contribution is 0.102. The van der Waals surface area contributed by atoms with Crippen LogP contribution in [0.4, 0.5) is 14.5 Å². The van der Waals surface area contributed by atoms with E-state index in [1.807, 2.05) is 0 Å². The Balaban J connectivity index is 1.72. The first kappa shape index (κ1) is 19.1. The topological polar surface area (TPSA) is 80.4 Å². The average molecular weight is 423 g/mol. The molecular weight excluding hydrogens is 406 g/mol. The highest BCUT2D eigenvalue weighted by Crippen LogP contribution is 2.52. The van der Waals surface area contributed by atoms with Crippen molar-refractivity contribution in [2.75, 3.05) is 11.1 Å². The summed E-state index contributed by atoms with van der Waals surface area (Å²) in [7, 11) is 0. The summed E-state index contributed by atoms with van der Waals surface area (Å²) in [5.74, 6) is -1.75. The van der Waals surface area contributed by atoms with E-state index in [-0.39, 0.29) is 22.9 Å². The average Bonchev–Trinajstić information content (AvgIpc) is 3.08. The van der Waals surface area contributed by atoms with Gasteiger partial charge in [0.2, 0.25) is 0 Å². The molecule has 1 saturated carbocycles. The van der Waals surface area contributed by atoms with Crippen LogP contribution in [0.25, 0.3) is 0 Å². The zero-order valence-electron chi connectivity index (χ0n) is 14.7. The first-order valence-corrected chi connectivity index (χ1v) is 10.2. The molecule has 1 aromatic carbocycles. The van der Waals surface area contributed by atoms with E-state index in [1.165, 1.54) is 36.2 Å². The van der Waals surface area contributed by atoms with Gasteiger partial charge in [-0.1, -0.05) is 29.8 Å². The molecule has 146 valence electrons. The van der Waals surface area contributed by atoms with Crippen LogP contribution in [0.1, 0.15) is 35.3 Å². The van der Waals surface area contributed by atoms with Gasteiger partial charge in [0.05, 0.1) is 10.6 Å². The highest BCUT2D eigenvalue weighted by molar-refractivity contribution is 8.13. The number of amidine groups is 1. The Morgan fingerprint density at radius 2 is 2.18 bits per heavy atom. The van der Waals surface area contributed by atoms with E-state index >= 15 is 0 Å². The molecule has 0 saturated heterocycles. The summed E-state index contributed by atoms with van der Waals surface area (Å²) in [6.45, 7) is 0. The van der Waals surface area contributed by atoms with Gasteiger partial charge in [-0.25, -0.2) is 13.8 Å². The number of anilines is 1. The molecule has 5 nitrogen and oxygen atoms in total. The van der Waals surface area contributed by atoms with Crippen LogP contribution >= 0.6 is 23.4 Å². The maximum atomic E-state index is 14.8. The van der Waals surface area contributed by atoms with Crippen molar-refractivity contribution in [2.45, 2.75) is 24.8 Å². The van der Waals surface area contributed by atoms with Crippen molar-refractivity contribution < 1.29 is 13.6 Å². The van der Waals surface area contributed by atoms with Gasteiger partial charge in [0.15, 0.2) is 16.8 Å². The third-order valence-corrected chi connectivity index (χ3v) is 6.42. The van der Waals surface area contributed by atoms with Gasteiger partial charge in [-0.2, -0.15) is 0 Å². The van der Waals surface area contributed by atoms with E-state index in [4.69, 9.17) is 17.3 Å². The lowest BCUT2D eigenvalue weighted by atomic mass is 9.81. The zero-order chi connectivity index (χ0) is 19.9. The number of carbonyl (C=O) groups is 1. The van der Waals surface area contributed by atoms with E-state index in [0.29, 0.717) is 22.4 Å². The number of fused-ring (bicyclic) bond motifs is 1. The second kappa shape index (κ2) is 7.33. The Morgan fingerprint density at radius 3 is 2.93 bits per heavy atom. The number of nitrogens with zero attached hydrogens (tertiary/aromatic N) is 2. The molecular formula is C19H17ClF2N4OS. The van der Waals surface area contributed by atoms with Crippen molar-refractivity contribution in [3.63, 3.8) is 0 Å². The van der Waals surface area contributed by atoms with Gasteiger partial charge in [0.25, 0.3) is 5.91 Å². The fourth-order valence-electron chi connectivity index (χ4n) is 3.94. The first-order valence-electron chi connectivity index (χ1n) is 8.79. The summed E-state index contributed by atoms with van der Waals surface area (Å²) < 4.78 is 29.2. The fraction of sp³-hybridized carbons (Fsp3) is 0.316. The molecule has 2 atom stereocenters. The number of aliphatic imine (C=N–C) groups is 1. The number of pyridine rings is 1. The van der Waals surface area contributed by atoms with E-state index in [0.717, 1.165) is 18.9 Å². The van der Waals surface area contributed by atoms with Crippen LogP contribution in [-0.4, -0.2) is 21.8 Å². The number of benzene rings is 1. The van der Waals surface area contributed by atoms with Crippen molar-refractivity contribution >= 4 is 40.1 Å². The monoisotopic (exact) mass is 422 g/mol. The lowest BCUT2D eigenvalue weighted by Gasteiger charge is -2.36. The molecule has 3 N–H and O–H groups in total. The number of aromatic nitrogens is 1. The molecule has 0 bridgehead atoms. The Labute approximate surface area is 169 Å². The van der Waals surface area contributed by atoms with E-state index in [1.54, 1.807) is 0 Å². The highest BCUT2D eigenvalue weighted by Gasteiger charge is 2.48. The van der Waals surface area contributed by atoms with Gasteiger partial charge in [0, 0.05) is 29.3 Å². The third kappa shape index (κ3) is 3.35. The molecule has 2 heterocycles. The molecule has 0 unspecified atom stereocenters. The summed E-state index contributed by atoms with van der Waals surface area (Å²) in [6.07, 6.45) is 3.66. The minimum absolute atomic E-state index is 0.0718. The Morgan fingerprint density at radius 1 is 1.36 bits per heavy atom. The number of nitrogens with two attached hydrogens (primary N) is 1. The van der Waals surface area contributed by atoms with Crippen molar-refractivity contribution in [3.05, 3.63) is 58.4 Å². The number of amides is 1. The Bertz CT molecular complexity index is 969. The summed E-state index contributed by atoms with van der Waals surface area (Å²) in [5, 5.41) is 3.34. The number of hydrogen-bond donors (Lipinski definition) is 2. The van der Waals surface area contributed by atoms with Crippen LogP contribution in [-0.2, 0) is 5.54 Å². The standard InChI is InChI=1S/C19H17ClF2N4OS/c20-11-3-4-15(24-8-11)17(27)25-12-6-13(16(22)14(21)7-12)19-5-1-2-10(19)9-28-18(23)26-19/h3-4,6-8,10H,1-2,5,9H2,(H2,23,26)(H,25,27)/t10-,19-/m0/s1. The number of rotatable bonds is 3. The van der Waals surface area contributed by atoms with Crippen molar-refractivity contribution in [3.8, 4) is 0 Å². The predicted octanol–water partition coefficient (Wildman–Crippen LogP) is 4.32. The summed E-state index contributed by atoms with van der Waals surface area (Å²) in [5.41, 5.74) is 5.42. The largest absolute Gasteiger partial charge is 0.379 e. The number of thioether (sulfide) groups is 1. The van der Waals surface area contributed by atoms with Crippen molar-refractivity contribution in [1.82, 2.24) is 4.98 Å². The van der Waals surface area contributed by atoms with E-state index < -0.39 is 23.1 Å². The van der Waals surface area contributed by atoms with Crippen LogP contribution in [0, 0.1) is 17.6 Å². The van der Waals surface area contributed by atoms with Crippen LogP contribution < -0.4 is 11.1 Å². The van der Waals surface area contributed by atoms with Gasteiger partial charge in [0.1, 0.15) is 5.69 Å². The van der Waals surface area contributed by atoms with Crippen LogP contribution in [0.2, 0.25) is 5.02 Å². The van der Waals surface area contributed by atoms with E-state index in [9.17, 15) is 13.6 Å². The summed E-state index contributed by atoms with van der Waals surface area (Å²) in [6, 6.07) is 5.39. The Hall–Kier alpha value is -2.19. The van der Waals surface area contributed by atoms with Crippen molar-refractivity contribution in [1.29, 1.82) is 0 Å². The molecule has 1 amide bonds. The number of hydrogen-bond acceptors (Lipinski definition) is 5. The first-order chi connectivity index (χ1) is 13.4. The minimum Gasteiger partial charge on any atom is -0.379 e. The normalized spacial score (nSPS) is 23.8. The molecule has 0 spiro atoms. The highest BCUT2D eigenvalue weighted by atomic mass is 35.5. The molecule has 0 radical (unpaired) electrons. The Kier molecular flexibility index (Phi) is 5.01. The number of nitrogens with one attached hydrogen (secondary N) is 1. The molecule has 28 heavy (non-hydrogen) atoms. The van der Waals surface area contributed by atoms with Crippen LogP contribution in [0.5, 0.6) is 0 Å². The number of halogens is 3. The molecule has 9 heteroatoms. The maximum Gasteiger partial charge on any atom is 0.274 e. The molecule has 2 aromatic rings.